The van der Waals surface area contributed by atoms with E-state index in [0.29, 0.717) is 6.73 Å². The number of nitrogens with one attached hydrogen (secondary N) is 5. The van der Waals surface area contributed by atoms with Crippen LogP contribution < -0.4 is 27.0 Å². The monoisotopic (exact) mass is 145 g/mol. The summed E-state index contributed by atoms with van der Waals surface area (Å²) in [6, 6.07) is 0. The van der Waals surface area contributed by atoms with E-state index in [0.717, 1.165) is 6.67 Å². The van der Waals surface area contributed by atoms with Crippen molar-refractivity contribution in [1.29, 1.82) is 0 Å². The minimum Gasteiger partial charge on any atom is -0.343 e. The summed E-state index contributed by atoms with van der Waals surface area (Å²) < 4.78 is 5.25. The maximum absolute atomic E-state index is 5.25. The molecule has 0 aromatic carbocycles. The van der Waals surface area contributed by atoms with E-state index < -0.39 is 0 Å². The van der Waals surface area contributed by atoms with Gasteiger partial charge in [0.15, 0.2) is 6.23 Å². The zero-order valence-corrected chi connectivity index (χ0v) is 5.48. The molecule has 2 rings (SSSR count). The van der Waals surface area contributed by atoms with Crippen molar-refractivity contribution in [1.82, 2.24) is 27.0 Å². The fourth-order valence-electron chi connectivity index (χ4n) is 1.05. The minimum atomic E-state index is 0.00926. The fourth-order valence-corrected chi connectivity index (χ4v) is 1.05. The average Bonchev–Trinajstić information content (AvgIpc) is 2.59. The third-order valence-electron chi connectivity index (χ3n) is 1.55. The molecule has 2 saturated heterocycles. The maximum Gasteiger partial charge on any atom is 0.152 e. The van der Waals surface area contributed by atoms with Crippen molar-refractivity contribution in [3.63, 3.8) is 0 Å². The summed E-state index contributed by atoms with van der Waals surface area (Å²) in [6.45, 7) is 1.33. The molecule has 10 heavy (non-hydrogen) atoms. The summed E-state index contributed by atoms with van der Waals surface area (Å²) in [4.78, 5) is 0. The molecule has 0 bridgehead atoms. The lowest BCUT2D eigenvalue weighted by atomic mass is 10.5. The molecule has 0 spiro atoms. The van der Waals surface area contributed by atoms with Gasteiger partial charge in [-0.1, -0.05) is 0 Å². The Kier molecular flexibility index (Phi) is 1.80. The first-order valence-electron chi connectivity index (χ1n) is 3.28. The lowest BCUT2D eigenvalue weighted by molar-refractivity contribution is 0.0652. The van der Waals surface area contributed by atoms with Gasteiger partial charge in [0.25, 0.3) is 0 Å². The van der Waals surface area contributed by atoms with Gasteiger partial charge in [-0.05, 0) is 0 Å². The smallest absolute Gasteiger partial charge is 0.152 e. The average molecular weight is 145 g/mol. The van der Waals surface area contributed by atoms with Gasteiger partial charge in [-0.25, -0.2) is 21.7 Å². The molecule has 5 N–H and O–H groups in total. The van der Waals surface area contributed by atoms with Crippen LogP contribution in [0.25, 0.3) is 0 Å². The van der Waals surface area contributed by atoms with E-state index in [4.69, 9.17) is 4.74 Å². The second-order valence-electron chi connectivity index (χ2n) is 2.23. The van der Waals surface area contributed by atoms with E-state index in [1.54, 1.807) is 0 Å². The van der Waals surface area contributed by atoms with Crippen LogP contribution in [0.2, 0.25) is 0 Å². The quantitative estimate of drug-likeness (QED) is 0.278. The highest BCUT2D eigenvalue weighted by atomic mass is 16.5. The zero-order valence-electron chi connectivity index (χ0n) is 5.48. The van der Waals surface area contributed by atoms with Crippen LogP contribution in [0.5, 0.6) is 0 Å². The molecule has 0 aromatic heterocycles. The van der Waals surface area contributed by atoms with Gasteiger partial charge in [-0.3, -0.25) is 5.32 Å². The van der Waals surface area contributed by atoms with Crippen LogP contribution in [0, 0.1) is 0 Å². The van der Waals surface area contributed by atoms with Crippen molar-refractivity contribution >= 4 is 0 Å². The van der Waals surface area contributed by atoms with Crippen LogP contribution in [0.3, 0.4) is 0 Å². The molecule has 0 radical (unpaired) electrons. The van der Waals surface area contributed by atoms with Gasteiger partial charge in [0.2, 0.25) is 0 Å². The Morgan fingerprint density at radius 2 is 2.20 bits per heavy atom. The molecule has 2 aliphatic rings. The van der Waals surface area contributed by atoms with E-state index >= 15 is 0 Å². The van der Waals surface area contributed by atoms with E-state index in [2.05, 4.69) is 27.0 Å². The summed E-state index contributed by atoms with van der Waals surface area (Å²) >= 11 is 0. The molecular weight excluding hydrogens is 134 g/mol. The van der Waals surface area contributed by atoms with Crippen molar-refractivity contribution in [3.8, 4) is 0 Å². The summed E-state index contributed by atoms with van der Waals surface area (Å²) in [5.74, 6) is 0. The Balaban J connectivity index is 1.85. The van der Waals surface area contributed by atoms with Gasteiger partial charge < -0.3 is 4.74 Å². The Morgan fingerprint density at radius 3 is 2.80 bits per heavy atom. The van der Waals surface area contributed by atoms with E-state index in [9.17, 15) is 0 Å². The van der Waals surface area contributed by atoms with Crippen LogP contribution in [0.1, 0.15) is 0 Å². The number of hydrogen-bond donors (Lipinski definition) is 5. The van der Waals surface area contributed by atoms with Crippen LogP contribution in [0.4, 0.5) is 0 Å². The number of ether oxygens (including phenoxy) is 1. The molecule has 6 heteroatoms. The van der Waals surface area contributed by atoms with Crippen LogP contribution in [0.15, 0.2) is 0 Å². The Morgan fingerprint density at radius 1 is 1.20 bits per heavy atom. The van der Waals surface area contributed by atoms with Crippen molar-refractivity contribution in [2.45, 2.75) is 12.4 Å². The number of rotatable bonds is 1. The molecule has 2 aliphatic heterocycles. The molecule has 0 aliphatic carbocycles. The standard InChI is InChI=1S/C4H11N5O/c1-5-3(8-6-1)4-9-7-2-10-4/h3-9H,1-2H2. The largest absolute Gasteiger partial charge is 0.343 e. The normalized spacial score (nSPS) is 40.8. The van der Waals surface area contributed by atoms with Crippen LogP contribution >= 0.6 is 0 Å². The molecule has 2 atom stereocenters. The van der Waals surface area contributed by atoms with Crippen molar-refractivity contribution < 1.29 is 4.74 Å². The van der Waals surface area contributed by atoms with E-state index in [1.807, 2.05) is 0 Å². The molecule has 58 valence electrons. The van der Waals surface area contributed by atoms with Gasteiger partial charge in [0.1, 0.15) is 12.9 Å². The van der Waals surface area contributed by atoms with Gasteiger partial charge >= 0.3 is 0 Å². The topological polar surface area (TPSA) is 69.4 Å². The van der Waals surface area contributed by atoms with Gasteiger partial charge in [-0.15, -0.1) is 0 Å². The molecular formula is C4H11N5O. The fraction of sp³-hybridized carbons (Fsp3) is 1.00. The van der Waals surface area contributed by atoms with Crippen LogP contribution in [-0.4, -0.2) is 25.8 Å². The summed E-state index contributed by atoms with van der Waals surface area (Å²) in [5, 5.41) is 3.15. The van der Waals surface area contributed by atoms with Crippen LogP contribution in [-0.2, 0) is 4.74 Å². The van der Waals surface area contributed by atoms with Crippen molar-refractivity contribution in [2.24, 2.45) is 0 Å². The zero-order chi connectivity index (χ0) is 6.81. The van der Waals surface area contributed by atoms with Gasteiger partial charge in [0.05, 0.1) is 6.67 Å². The summed E-state index contributed by atoms with van der Waals surface area (Å²) in [5.41, 5.74) is 11.8. The third-order valence-corrected chi connectivity index (χ3v) is 1.55. The third kappa shape index (κ3) is 1.12. The highest BCUT2D eigenvalue weighted by Gasteiger charge is 2.26. The highest BCUT2D eigenvalue weighted by molar-refractivity contribution is 4.75. The molecule has 0 amide bonds. The lowest BCUT2D eigenvalue weighted by Crippen LogP contribution is -2.50. The maximum atomic E-state index is 5.25. The molecule has 2 unspecified atom stereocenters. The van der Waals surface area contributed by atoms with Gasteiger partial charge in [0, 0.05) is 0 Å². The molecule has 0 saturated carbocycles. The van der Waals surface area contributed by atoms with Crippen molar-refractivity contribution in [2.75, 3.05) is 13.4 Å². The number of hydrazine groups is 2. The molecule has 2 heterocycles. The predicted octanol–water partition coefficient (Wildman–Crippen LogP) is -2.62. The van der Waals surface area contributed by atoms with E-state index in [-0.39, 0.29) is 12.4 Å². The molecule has 0 aromatic rings. The first-order valence-corrected chi connectivity index (χ1v) is 3.28. The highest BCUT2D eigenvalue weighted by Crippen LogP contribution is 1.96. The predicted molar refractivity (Wildman–Crippen MR) is 34.1 cm³/mol. The molecule has 6 nitrogen and oxygen atoms in total. The Bertz CT molecular complexity index is 94.2. The first-order chi connectivity index (χ1) is 4.97. The van der Waals surface area contributed by atoms with Gasteiger partial charge in [-0.2, -0.15) is 0 Å². The SMILES string of the molecule is C1NNC(C2NNCO2)N1. The second-order valence-corrected chi connectivity index (χ2v) is 2.23. The molecule has 2 fully saturated rings. The first kappa shape index (κ1) is 6.47. The summed E-state index contributed by atoms with van der Waals surface area (Å²) in [6.07, 6.45) is 0.157. The van der Waals surface area contributed by atoms with Crippen molar-refractivity contribution in [3.05, 3.63) is 0 Å². The second kappa shape index (κ2) is 2.79. The minimum absolute atomic E-state index is 0.00926. The summed E-state index contributed by atoms with van der Waals surface area (Å²) in [7, 11) is 0. The Hall–Kier alpha value is -0.240. The number of hydrogen-bond acceptors (Lipinski definition) is 6. The Labute approximate surface area is 58.6 Å². The lowest BCUT2D eigenvalue weighted by Gasteiger charge is -2.15. The van der Waals surface area contributed by atoms with E-state index in [1.165, 1.54) is 0 Å².